The third-order valence-electron chi connectivity index (χ3n) is 6.04. The van der Waals surface area contributed by atoms with Crippen molar-refractivity contribution in [2.24, 2.45) is 0 Å². The zero-order valence-corrected chi connectivity index (χ0v) is 19.6. The summed E-state index contributed by atoms with van der Waals surface area (Å²) in [7, 11) is 2.80. The lowest BCUT2D eigenvalue weighted by molar-refractivity contribution is -0.137. The zero-order valence-electron chi connectivity index (χ0n) is 19.6. The maximum atomic E-state index is 13.4. The van der Waals surface area contributed by atoms with Crippen LogP contribution < -0.4 is 14.4 Å². The fourth-order valence-corrected chi connectivity index (χ4v) is 4.26. The lowest BCUT2D eigenvalue weighted by Crippen LogP contribution is -2.30. The standard InChI is InChI=1S/C27H22F3NO5/c1-15-7-4-5-10-19(15)23-22(24(32)20-14-18(35-2)11-12-21(20)36-3)25(33)26(34)31(23)17-9-6-8-16(13-17)27(28,29)30/h4-14,23,32H,1-3H3/b24-22+. The van der Waals surface area contributed by atoms with E-state index < -0.39 is 35.2 Å². The van der Waals surface area contributed by atoms with Crippen molar-refractivity contribution in [2.75, 3.05) is 19.1 Å². The molecule has 1 N–H and O–H groups in total. The van der Waals surface area contributed by atoms with Crippen LogP contribution in [0.25, 0.3) is 5.76 Å². The number of Topliss-reactive ketones (excluding diaryl/α,β-unsaturated/α-hetero) is 1. The van der Waals surface area contributed by atoms with Gasteiger partial charge in [0, 0.05) is 5.69 Å². The van der Waals surface area contributed by atoms with Crippen molar-refractivity contribution in [2.45, 2.75) is 19.1 Å². The van der Waals surface area contributed by atoms with E-state index in [0.717, 1.165) is 23.1 Å². The molecule has 4 rings (SSSR count). The second-order valence-electron chi connectivity index (χ2n) is 8.14. The van der Waals surface area contributed by atoms with E-state index in [4.69, 9.17) is 9.47 Å². The minimum Gasteiger partial charge on any atom is -0.507 e. The Kier molecular flexibility index (Phi) is 6.49. The predicted octanol–water partition coefficient (Wildman–Crippen LogP) is 5.66. The monoisotopic (exact) mass is 497 g/mol. The van der Waals surface area contributed by atoms with Gasteiger partial charge in [-0.1, -0.05) is 30.3 Å². The average Bonchev–Trinajstić information content (AvgIpc) is 3.13. The van der Waals surface area contributed by atoms with Crippen molar-refractivity contribution in [1.82, 2.24) is 0 Å². The molecule has 1 amide bonds. The molecule has 0 spiro atoms. The zero-order chi connectivity index (χ0) is 26.2. The van der Waals surface area contributed by atoms with Crippen LogP contribution in [0.3, 0.4) is 0 Å². The van der Waals surface area contributed by atoms with Gasteiger partial charge in [-0.25, -0.2) is 0 Å². The molecule has 3 aromatic carbocycles. The van der Waals surface area contributed by atoms with Crippen LogP contribution >= 0.6 is 0 Å². The number of ether oxygens (including phenoxy) is 2. The average molecular weight is 497 g/mol. The minimum absolute atomic E-state index is 0.0949. The third-order valence-corrected chi connectivity index (χ3v) is 6.04. The summed E-state index contributed by atoms with van der Waals surface area (Å²) < 4.78 is 50.9. The Bertz CT molecular complexity index is 1380. The first-order valence-electron chi connectivity index (χ1n) is 10.8. The van der Waals surface area contributed by atoms with Crippen LogP contribution in [0.2, 0.25) is 0 Å². The number of carbonyl (C=O) groups excluding carboxylic acids is 2. The summed E-state index contributed by atoms with van der Waals surface area (Å²) in [6, 6.07) is 14.4. The number of ketones is 1. The van der Waals surface area contributed by atoms with Gasteiger partial charge in [0.05, 0.1) is 37.0 Å². The summed E-state index contributed by atoms with van der Waals surface area (Å²) >= 11 is 0. The highest BCUT2D eigenvalue weighted by Crippen LogP contribution is 2.45. The summed E-state index contributed by atoms with van der Waals surface area (Å²) in [5.74, 6) is -2.07. The fraction of sp³-hybridized carbons (Fsp3) is 0.185. The lowest BCUT2D eigenvalue weighted by Gasteiger charge is -2.27. The van der Waals surface area contributed by atoms with Crippen molar-refractivity contribution in [3.8, 4) is 11.5 Å². The van der Waals surface area contributed by atoms with Gasteiger partial charge < -0.3 is 14.6 Å². The van der Waals surface area contributed by atoms with Crippen LogP contribution in [-0.4, -0.2) is 31.0 Å². The molecule has 36 heavy (non-hydrogen) atoms. The minimum atomic E-state index is -4.66. The molecule has 0 saturated carbocycles. The number of nitrogens with zero attached hydrogens (tertiary/aromatic N) is 1. The summed E-state index contributed by atoms with van der Waals surface area (Å²) in [6.45, 7) is 1.74. The highest BCUT2D eigenvalue weighted by atomic mass is 19.4. The molecule has 1 fully saturated rings. The van der Waals surface area contributed by atoms with Gasteiger partial charge >= 0.3 is 6.18 Å². The number of aryl methyl sites for hydroxylation is 1. The molecule has 1 atom stereocenters. The van der Waals surface area contributed by atoms with E-state index in [1.54, 1.807) is 37.3 Å². The number of methoxy groups -OCH3 is 2. The Morgan fingerprint density at radius 2 is 1.67 bits per heavy atom. The van der Waals surface area contributed by atoms with E-state index in [1.165, 1.54) is 32.4 Å². The number of benzene rings is 3. The van der Waals surface area contributed by atoms with Gasteiger partial charge in [0.1, 0.15) is 17.3 Å². The molecule has 1 heterocycles. The number of amides is 1. The summed E-state index contributed by atoms with van der Waals surface area (Å²) in [5.41, 5.74) is -0.144. The number of halogens is 3. The van der Waals surface area contributed by atoms with E-state index in [-0.39, 0.29) is 22.6 Å². The van der Waals surface area contributed by atoms with Crippen LogP contribution in [0.1, 0.15) is 28.3 Å². The first-order chi connectivity index (χ1) is 17.1. The first-order valence-corrected chi connectivity index (χ1v) is 10.8. The van der Waals surface area contributed by atoms with Crippen LogP contribution in [0.5, 0.6) is 11.5 Å². The normalized spacial score (nSPS) is 17.4. The number of anilines is 1. The third kappa shape index (κ3) is 4.28. The second kappa shape index (κ2) is 9.41. The number of hydrogen-bond acceptors (Lipinski definition) is 5. The number of hydrogen-bond donors (Lipinski definition) is 1. The molecule has 3 aromatic rings. The van der Waals surface area contributed by atoms with Crippen LogP contribution in [0.4, 0.5) is 18.9 Å². The van der Waals surface area contributed by atoms with Gasteiger partial charge in [0.25, 0.3) is 11.7 Å². The quantitative estimate of drug-likeness (QED) is 0.280. The van der Waals surface area contributed by atoms with Gasteiger partial charge in [-0.05, 0) is 54.4 Å². The Morgan fingerprint density at radius 1 is 0.944 bits per heavy atom. The van der Waals surface area contributed by atoms with E-state index >= 15 is 0 Å². The number of rotatable bonds is 5. The lowest BCUT2D eigenvalue weighted by atomic mass is 9.92. The number of alkyl halides is 3. The van der Waals surface area contributed by atoms with E-state index in [1.807, 2.05) is 0 Å². The predicted molar refractivity (Wildman–Crippen MR) is 127 cm³/mol. The van der Waals surface area contributed by atoms with Crippen molar-refractivity contribution in [3.63, 3.8) is 0 Å². The van der Waals surface area contributed by atoms with Gasteiger partial charge in [0.2, 0.25) is 0 Å². The van der Waals surface area contributed by atoms with Gasteiger partial charge in [-0.15, -0.1) is 0 Å². The van der Waals surface area contributed by atoms with E-state index in [0.29, 0.717) is 16.9 Å². The summed E-state index contributed by atoms with van der Waals surface area (Å²) in [4.78, 5) is 27.6. The molecular formula is C27H22F3NO5. The molecule has 6 nitrogen and oxygen atoms in total. The molecular weight excluding hydrogens is 475 g/mol. The van der Waals surface area contributed by atoms with Crippen LogP contribution in [-0.2, 0) is 15.8 Å². The van der Waals surface area contributed by atoms with Crippen LogP contribution in [0, 0.1) is 6.92 Å². The Hall–Kier alpha value is -4.27. The fourth-order valence-electron chi connectivity index (χ4n) is 4.26. The molecule has 186 valence electrons. The van der Waals surface area contributed by atoms with E-state index in [9.17, 15) is 27.9 Å². The number of aliphatic hydroxyl groups excluding tert-OH is 1. The van der Waals surface area contributed by atoms with Crippen molar-refractivity contribution in [1.29, 1.82) is 0 Å². The summed E-state index contributed by atoms with van der Waals surface area (Å²) in [6.07, 6.45) is -4.66. The maximum Gasteiger partial charge on any atom is 0.416 e. The molecule has 0 radical (unpaired) electrons. The Morgan fingerprint density at radius 3 is 2.31 bits per heavy atom. The highest BCUT2D eigenvalue weighted by molar-refractivity contribution is 6.51. The molecule has 1 unspecified atom stereocenters. The van der Waals surface area contributed by atoms with Crippen molar-refractivity contribution >= 4 is 23.1 Å². The highest BCUT2D eigenvalue weighted by Gasteiger charge is 2.48. The molecule has 1 aliphatic heterocycles. The van der Waals surface area contributed by atoms with Gasteiger partial charge in [-0.3, -0.25) is 14.5 Å². The Labute approximate surface area is 205 Å². The smallest absolute Gasteiger partial charge is 0.416 e. The molecule has 1 saturated heterocycles. The molecule has 0 bridgehead atoms. The topological polar surface area (TPSA) is 76.1 Å². The van der Waals surface area contributed by atoms with Crippen molar-refractivity contribution in [3.05, 3.63) is 94.6 Å². The van der Waals surface area contributed by atoms with Crippen molar-refractivity contribution < 1.29 is 37.3 Å². The Balaban J connectivity index is 2.01. The largest absolute Gasteiger partial charge is 0.507 e. The maximum absolute atomic E-state index is 13.4. The van der Waals surface area contributed by atoms with E-state index in [2.05, 4.69) is 0 Å². The molecule has 9 heteroatoms. The second-order valence-corrected chi connectivity index (χ2v) is 8.14. The SMILES string of the molecule is COc1ccc(OC)c(/C(O)=C2\C(=O)C(=O)N(c3cccc(C(F)(F)F)c3)C2c2ccccc2C)c1. The molecule has 0 aromatic heterocycles. The molecule has 0 aliphatic carbocycles. The van der Waals surface area contributed by atoms with Crippen LogP contribution in [0.15, 0.2) is 72.3 Å². The molecule has 1 aliphatic rings. The number of aliphatic hydroxyl groups is 1. The van der Waals surface area contributed by atoms with Gasteiger partial charge in [0.15, 0.2) is 0 Å². The van der Waals surface area contributed by atoms with Gasteiger partial charge in [-0.2, -0.15) is 13.2 Å². The first kappa shape index (κ1) is 24.8. The summed E-state index contributed by atoms with van der Waals surface area (Å²) in [5, 5.41) is 11.4. The number of carbonyl (C=O) groups is 2.